The molecule has 1 atom stereocenters. The summed E-state index contributed by atoms with van der Waals surface area (Å²) in [7, 11) is 0. The highest BCUT2D eigenvalue weighted by Crippen LogP contribution is 2.38. The third kappa shape index (κ3) is 3.34. The van der Waals surface area contributed by atoms with E-state index in [1.165, 1.54) is 18.2 Å². The molecule has 2 aromatic carbocycles. The average molecular weight is 384 g/mol. The Bertz CT molecular complexity index is 885. The lowest BCUT2D eigenvalue weighted by Gasteiger charge is -2.17. The van der Waals surface area contributed by atoms with Gasteiger partial charge in [0.1, 0.15) is 11.8 Å². The van der Waals surface area contributed by atoms with Crippen LogP contribution in [-0.4, -0.2) is 17.1 Å². The summed E-state index contributed by atoms with van der Waals surface area (Å²) in [5, 5.41) is 2.87. The number of benzene rings is 2. The third-order valence-electron chi connectivity index (χ3n) is 3.72. The van der Waals surface area contributed by atoms with Crippen LogP contribution in [-0.2, 0) is 11.0 Å². The van der Waals surface area contributed by atoms with E-state index in [1.54, 1.807) is 6.92 Å². The fourth-order valence-corrected chi connectivity index (χ4v) is 2.84. The highest BCUT2D eigenvalue weighted by atomic mass is 32.1. The van der Waals surface area contributed by atoms with Crippen LogP contribution in [0.3, 0.4) is 0 Å². The van der Waals surface area contributed by atoms with Crippen LogP contribution in [0.25, 0.3) is 0 Å². The largest absolute Gasteiger partial charge is 0.454 e. The van der Waals surface area contributed by atoms with Crippen molar-refractivity contribution in [3.63, 3.8) is 0 Å². The zero-order valence-corrected chi connectivity index (χ0v) is 14.1. The molecule has 4 nitrogen and oxygen atoms in total. The number of nitrogens with zero attached hydrogens (tertiary/aromatic N) is 1. The molecule has 0 aromatic heterocycles. The molecule has 9 heteroatoms. The lowest BCUT2D eigenvalue weighted by Crippen LogP contribution is -2.30. The number of carbonyl (C=O) groups excluding carboxylic acids is 1. The van der Waals surface area contributed by atoms with Crippen LogP contribution in [0.5, 0.6) is 11.5 Å². The van der Waals surface area contributed by atoms with Crippen LogP contribution in [0.4, 0.5) is 23.2 Å². The first-order valence-electron chi connectivity index (χ1n) is 7.46. The van der Waals surface area contributed by atoms with Gasteiger partial charge in [-0.25, -0.2) is 4.39 Å². The van der Waals surface area contributed by atoms with Crippen LogP contribution in [0.1, 0.15) is 12.5 Å². The molecule has 1 aliphatic rings. The zero-order valence-electron chi connectivity index (χ0n) is 13.3. The van der Waals surface area contributed by atoms with Gasteiger partial charge in [0.2, 0.25) is 0 Å². The van der Waals surface area contributed by atoms with Gasteiger partial charge in [0, 0.05) is 6.07 Å². The number of hydrogen-bond donors (Lipinski definition) is 1. The molecule has 0 radical (unpaired) electrons. The molecule has 0 bridgehead atoms. The van der Waals surface area contributed by atoms with Crippen LogP contribution in [0, 0.1) is 5.82 Å². The van der Waals surface area contributed by atoms with E-state index in [0.717, 1.165) is 29.2 Å². The van der Waals surface area contributed by atoms with Crippen LogP contribution < -0.4 is 15.0 Å². The standard InChI is InChI=1S/C17H12F4N2O2S/c1-9-15(24)23(16(26)22-9)10-6-7-14(12(18)8-10)25-13-5-3-2-4-11(13)17(19,20)21/h2-9H,1H3,(H,22,26). The molecule has 1 aliphatic heterocycles. The second-order valence-corrected chi connectivity index (χ2v) is 5.94. The topological polar surface area (TPSA) is 41.6 Å². The second kappa shape index (κ2) is 6.56. The number of ether oxygens (including phenoxy) is 1. The lowest BCUT2D eigenvalue weighted by atomic mass is 10.2. The molecule has 0 saturated carbocycles. The lowest BCUT2D eigenvalue weighted by molar-refractivity contribution is -0.138. The summed E-state index contributed by atoms with van der Waals surface area (Å²) in [6.07, 6.45) is -4.64. The van der Waals surface area contributed by atoms with Gasteiger partial charge in [-0.1, -0.05) is 12.1 Å². The molecule has 1 amide bonds. The van der Waals surface area contributed by atoms with Crippen molar-refractivity contribution < 1.29 is 27.1 Å². The van der Waals surface area contributed by atoms with Crippen LogP contribution >= 0.6 is 12.2 Å². The molecule has 1 saturated heterocycles. The van der Waals surface area contributed by atoms with E-state index in [2.05, 4.69) is 5.32 Å². The Morgan fingerprint density at radius 1 is 1.15 bits per heavy atom. The molecular formula is C17H12F4N2O2S. The minimum atomic E-state index is -4.64. The quantitative estimate of drug-likeness (QED) is 0.635. The van der Waals surface area contributed by atoms with E-state index >= 15 is 0 Å². The SMILES string of the molecule is CC1NC(=S)N(c2ccc(Oc3ccccc3C(F)(F)F)c(F)c2)C1=O. The monoisotopic (exact) mass is 384 g/mol. The molecular weight excluding hydrogens is 372 g/mol. The molecule has 0 aliphatic carbocycles. The van der Waals surface area contributed by atoms with Crippen LogP contribution in [0.15, 0.2) is 42.5 Å². The molecule has 3 rings (SSSR count). The van der Waals surface area contributed by atoms with Gasteiger partial charge in [-0.05, 0) is 43.4 Å². The van der Waals surface area contributed by atoms with E-state index in [0.29, 0.717) is 0 Å². The second-order valence-electron chi connectivity index (χ2n) is 5.56. The van der Waals surface area contributed by atoms with Crippen LogP contribution in [0.2, 0.25) is 0 Å². The van der Waals surface area contributed by atoms with E-state index in [-0.39, 0.29) is 16.7 Å². The number of alkyl halides is 3. The Morgan fingerprint density at radius 2 is 1.85 bits per heavy atom. The van der Waals surface area contributed by atoms with Gasteiger partial charge < -0.3 is 10.1 Å². The average Bonchev–Trinajstić information content (AvgIpc) is 2.81. The van der Waals surface area contributed by atoms with Crippen molar-refractivity contribution in [1.29, 1.82) is 0 Å². The molecule has 1 unspecified atom stereocenters. The fraction of sp³-hybridized carbons (Fsp3) is 0.176. The van der Waals surface area contributed by atoms with Gasteiger partial charge in [0.25, 0.3) is 5.91 Å². The number of anilines is 1. The first kappa shape index (κ1) is 18.1. The summed E-state index contributed by atoms with van der Waals surface area (Å²) in [6, 6.07) is 7.44. The summed E-state index contributed by atoms with van der Waals surface area (Å²) in [6.45, 7) is 1.61. The van der Waals surface area contributed by atoms with E-state index in [4.69, 9.17) is 17.0 Å². The number of rotatable bonds is 3. The van der Waals surface area contributed by atoms with Crippen molar-refractivity contribution in [2.24, 2.45) is 0 Å². The van der Waals surface area contributed by atoms with Gasteiger partial charge in [-0.3, -0.25) is 9.69 Å². The highest BCUT2D eigenvalue weighted by Gasteiger charge is 2.35. The number of thiocarbonyl (C=S) groups is 1. The normalized spacial score (nSPS) is 17.4. The van der Waals surface area contributed by atoms with Gasteiger partial charge in [0.15, 0.2) is 16.7 Å². The van der Waals surface area contributed by atoms with Crippen molar-refractivity contribution in [3.05, 3.63) is 53.8 Å². The third-order valence-corrected chi connectivity index (χ3v) is 4.02. The van der Waals surface area contributed by atoms with Crippen molar-refractivity contribution in [2.75, 3.05) is 4.90 Å². The Labute approximate surface area is 151 Å². The molecule has 0 spiro atoms. The van der Waals surface area contributed by atoms with Crippen molar-refractivity contribution in [1.82, 2.24) is 5.32 Å². The molecule has 1 N–H and O–H groups in total. The van der Waals surface area contributed by atoms with Gasteiger partial charge in [-0.15, -0.1) is 0 Å². The predicted octanol–water partition coefficient (Wildman–Crippen LogP) is 4.25. The summed E-state index contributed by atoms with van der Waals surface area (Å²) in [4.78, 5) is 13.2. The molecule has 1 fully saturated rings. The molecule has 2 aromatic rings. The van der Waals surface area contributed by atoms with Gasteiger partial charge in [-0.2, -0.15) is 13.2 Å². The minimum absolute atomic E-state index is 0.123. The number of para-hydroxylation sites is 1. The fourth-order valence-electron chi connectivity index (χ4n) is 2.47. The number of carbonyl (C=O) groups is 1. The maximum atomic E-state index is 14.4. The summed E-state index contributed by atoms with van der Waals surface area (Å²) in [5.41, 5.74) is -0.858. The molecule has 136 valence electrons. The number of hydrogen-bond acceptors (Lipinski definition) is 3. The summed E-state index contributed by atoms with van der Waals surface area (Å²) in [5.74, 6) is -2.20. The van der Waals surface area contributed by atoms with Crippen molar-refractivity contribution in [2.45, 2.75) is 19.1 Å². The maximum absolute atomic E-state index is 14.4. The van der Waals surface area contributed by atoms with E-state index in [9.17, 15) is 22.4 Å². The first-order chi connectivity index (χ1) is 12.2. The Hall–Kier alpha value is -2.68. The van der Waals surface area contributed by atoms with Gasteiger partial charge >= 0.3 is 6.18 Å². The Morgan fingerprint density at radius 3 is 2.42 bits per heavy atom. The Kier molecular flexibility index (Phi) is 4.57. The van der Waals surface area contributed by atoms with E-state index < -0.39 is 35.1 Å². The smallest absolute Gasteiger partial charge is 0.419 e. The van der Waals surface area contributed by atoms with Gasteiger partial charge in [0.05, 0.1) is 11.3 Å². The first-order valence-corrected chi connectivity index (χ1v) is 7.87. The summed E-state index contributed by atoms with van der Waals surface area (Å²) >= 11 is 5.03. The molecule has 1 heterocycles. The zero-order chi connectivity index (χ0) is 19.1. The Balaban J connectivity index is 1.91. The summed E-state index contributed by atoms with van der Waals surface area (Å²) < 4.78 is 58.5. The molecule has 26 heavy (non-hydrogen) atoms. The number of nitrogens with one attached hydrogen (secondary N) is 1. The van der Waals surface area contributed by atoms with Crippen molar-refractivity contribution >= 4 is 28.9 Å². The number of halogens is 4. The predicted molar refractivity (Wildman–Crippen MR) is 90.6 cm³/mol. The minimum Gasteiger partial charge on any atom is -0.454 e. The van der Waals surface area contributed by atoms with Crippen molar-refractivity contribution in [3.8, 4) is 11.5 Å². The van der Waals surface area contributed by atoms with E-state index in [1.807, 2.05) is 0 Å². The maximum Gasteiger partial charge on any atom is 0.419 e. The number of amides is 1. The highest BCUT2D eigenvalue weighted by molar-refractivity contribution is 7.80.